The van der Waals surface area contributed by atoms with Gasteiger partial charge in [0.25, 0.3) is 0 Å². The van der Waals surface area contributed by atoms with Gasteiger partial charge in [-0.3, -0.25) is 4.79 Å². The van der Waals surface area contributed by atoms with Crippen molar-refractivity contribution in [3.8, 4) is 0 Å². The van der Waals surface area contributed by atoms with E-state index in [2.05, 4.69) is 5.32 Å². The lowest BCUT2D eigenvalue weighted by Gasteiger charge is -2.22. The van der Waals surface area contributed by atoms with Gasteiger partial charge in [0.1, 0.15) is 17.2 Å². The van der Waals surface area contributed by atoms with Crippen LogP contribution in [-0.2, 0) is 14.3 Å². The van der Waals surface area contributed by atoms with E-state index in [1.807, 2.05) is 0 Å². The number of carboxylic acids is 1. The molecule has 29 heavy (non-hydrogen) atoms. The molecule has 1 aromatic rings. The van der Waals surface area contributed by atoms with Gasteiger partial charge in [0.05, 0.1) is 5.56 Å². The highest BCUT2D eigenvalue weighted by atomic mass is 16.6. The van der Waals surface area contributed by atoms with Crippen LogP contribution in [0.3, 0.4) is 0 Å². The Kier molecular flexibility index (Phi) is 7.37. The molecule has 0 saturated carbocycles. The Hall–Kier alpha value is -3.10. The zero-order chi connectivity index (χ0) is 22.6. The number of Topliss-reactive ketones (excluding diaryl/α,β-unsaturated/α-hetero) is 1. The van der Waals surface area contributed by atoms with Crippen LogP contribution < -0.4 is 11.1 Å². The number of esters is 1. The third kappa shape index (κ3) is 8.20. The molecule has 0 aliphatic rings. The molecule has 0 aliphatic carbocycles. The number of carbonyl (C=O) groups is 4. The summed E-state index contributed by atoms with van der Waals surface area (Å²) in [6.07, 6.45) is -1.49. The molecule has 1 rings (SSSR count). The maximum atomic E-state index is 12.5. The van der Waals surface area contributed by atoms with Crippen molar-refractivity contribution >= 4 is 29.5 Å². The fourth-order valence-corrected chi connectivity index (χ4v) is 2.23. The topological polar surface area (TPSA) is 145 Å². The van der Waals surface area contributed by atoms with E-state index in [9.17, 15) is 24.3 Å². The molecule has 0 heterocycles. The van der Waals surface area contributed by atoms with Crippen molar-refractivity contribution < 1.29 is 33.8 Å². The van der Waals surface area contributed by atoms with Gasteiger partial charge in [0.2, 0.25) is 0 Å². The Balaban J connectivity index is 2.92. The first kappa shape index (κ1) is 23.9. The van der Waals surface area contributed by atoms with E-state index in [4.69, 9.17) is 15.2 Å². The maximum absolute atomic E-state index is 12.5. The van der Waals surface area contributed by atoms with Crippen LogP contribution in [0.1, 0.15) is 68.7 Å². The number of ether oxygens (including phenoxy) is 2. The summed E-state index contributed by atoms with van der Waals surface area (Å²) in [6, 6.07) is 2.48. The van der Waals surface area contributed by atoms with E-state index < -0.39 is 47.5 Å². The molecule has 9 nitrogen and oxygen atoms in total. The summed E-state index contributed by atoms with van der Waals surface area (Å²) < 4.78 is 10.3. The number of amides is 1. The summed E-state index contributed by atoms with van der Waals surface area (Å²) in [7, 11) is 0. The number of nitrogens with two attached hydrogens (primary N) is 1. The predicted molar refractivity (Wildman–Crippen MR) is 106 cm³/mol. The fraction of sp³-hybridized carbons (Fsp3) is 0.500. The van der Waals surface area contributed by atoms with Crippen molar-refractivity contribution in [2.75, 3.05) is 5.73 Å². The second kappa shape index (κ2) is 8.93. The number of rotatable bonds is 6. The molecular formula is C20H28N2O7. The second-order valence-electron chi connectivity index (χ2n) is 8.47. The molecular weight excluding hydrogens is 380 g/mol. The summed E-state index contributed by atoms with van der Waals surface area (Å²) in [5.41, 5.74) is 4.56. The van der Waals surface area contributed by atoms with Crippen LogP contribution in [0.5, 0.6) is 0 Å². The van der Waals surface area contributed by atoms with Crippen molar-refractivity contribution in [2.24, 2.45) is 0 Å². The Labute approximate surface area is 169 Å². The minimum Gasteiger partial charge on any atom is -0.480 e. The predicted octanol–water partition coefficient (Wildman–Crippen LogP) is 2.77. The number of carboxylic acid groups (broad SMARTS) is 1. The standard InChI is InChI=1S/C20H28N2O7/c1-19(2,3)28-17(26)11-7-8-12(13(21)9-11)15(23)10-14(16(24)25)22-18(27)29-20(4,5)6/h7-9,14H,10,21H2,1-6H3,(H,22,27)(H,24,25)/t14-/m1/s1. The molecule has 0 aliphatic heterocycles. The van der Waals surface area contributed by atoms with Crippen molar-refractivity contribution in [3.05, 3.63) is 29.3 Å². The average Bonchev–Trinajstić information content (AvgIpc) is 2.50. The van der Waals surface area contributed by atoms with E-state index in [-0.39, 0.29) is 16.8 Å². The summed E-state index contributed by atoms with van der Waals surface area (Å²) in [6.45, 7) is 10.0. The minimum absolute atomic E-state index is 0.000217. The Morgan fingerprint density at radius 3 is 2.03 bits per heavy atom. The maximum Gasteiger partial charge on any atom is 0.408 e. The molecule has 0 bridgehead atoms. The van der Waals surface area contributed by atoms with E-state index >= 15 is 0 Å². The molecule has 9 heteroatoms. The Morgan fingerprint density at radius 2 is 1.59 bits per heavy atom. The molecule has 0 fully saturated rings. The van der Waals surface area contributed by atoms with E-state index in [1.54, 1.807) is 41.5 Å². The molecule has 1 aromatic carbocycles. The van der Waals surface area contributed by atoms with Crippen molar-refractivity contribution in [1.82, 2.24) is 5.32 Å². The largest absolute Gasteiger partial charge is 0.480 e. The number of ketones is 1. The fourth-order valence-electron chi connectivity index (χ4n) is 2.23. The first-order chi connectivity index (χ1) is 13.1. The van der Waals surface area contributed by atoms with Gasteiger partial charge >= 0.3 is 18.0 Å². The first-order valence-electron chi connectivity index (χ1n) is 8.97. The third-order valence-electron chi connectivity index (χ3n) is 3.37. The zero-order valence-electron chi connectivity index (χ0n) is 17.5. The van der Waals surface area contributed by atoms with Gasteiger partial charge in [0, 0.05) is 17.7 Å². The van der Waals surface area contributed by atoms with Crippen LogP contribution in [0.4, 0.5) is 10.5 Å². The molecule has 1 amide bonds. The second-order valence-corrected chi connectivity index (χ2v) is 8.47. The van der Waals surface area contributed by atoms with E-state index in [1.165, 1.54) is 18.2 Å². The SMILES string of the molecule is CC(C)(C)OC(=O)N[C@H](CC(=O)c1ccc(C(=O)OC(C)(C)C)cc1N)C(=O)O. The summed E-state index contributed by atoms with van der Waals surface area (Å²) in [5, 5.41) is 11.4. The highest BCUT2D eigenvalue weighted by molar-refractivity contribution is 6.04. The van der Waals surface area contributed by atoms with Gasteiger partial charge in [-0.1, -0.05) is 0 Å². The van der Waals surface area contributed by atoms with Crippen molar-refractivity contribution in [1.29, 1.82) is 0 Å². The number of hydrogen-bond acceptors (Lipinski definition) is 7. The van der Waals surface area contributed by atoms with Crippen LogP contribution in [0.25, 0.3) is 0 Å². The van der Waals surface area contributed by atoms with Gasteiger partial charge in [-0.05, 0) is 59.7 Å². The number of hydrogen-bond donors (Lipinski definition) is 3. The van der Waals surface area contributed by atoms with Gasteiger partial charge in [-0.15, -0.1) is 0 Å². The average molecular weight is 408 g/mol. The van der Waals surface area contributed by atoms with Gasteiger partial charge in [-0.2, -0.15) is 0 Å². The third-order valence-corrected chi connectivity index (χ3v) is 3.37. The lowest BCUT2D eigenvalue weighted by atomic mass is 10.0. The number of carbonyl (C=O) groups excluding carboxylic acids is 3. The lowest BCUT2D eigenvalue weighted by molar-refractivity contribution is -0.139. The van der Waals surface area contributed by atoms with Crippen LogP contribution >= 0.6 is 0 Å². The molecule has 0 radical (unpaired) electrons. The summed E-state index contributed by atoms with van der Waals surface area (Å²) in [5.74, 6) is -2.60. The summed E-state index contributed by atoms with van der Waals surface area (Å²) >= 11 is 0. The molecule has 4 N–H and O–H groups in total. The normalized spacial score (nSPS) is 12.6. The minimum atomic E-state index is -1.50. The van der Waals surface area contributed by atoms with Crippen LogP contribution in [0.15, 0.2) is 18.2 Å². The van der Waals surface area contributed by atoms with Gasteiger partial charge in [-0.25, -0.2) is 14.4 Å². The van der Waals surface area contributed by atoms with Gasteiger partial charge in [0.15, 0.2) is 5.78 Å². The molecule has 0 saturated heterocycles. The van der Waals surface area contributed by atoms with E-state index in [0.717, 1.165) is 0 Å². The lowest BCUT2D eigenvalue weighted by Crippen LogP contribution is -2.44. The Morgan fingerprint density at radius 1 is 1.03 bits per heavy atom. The number of anilines is 1. The molecule has 0 spiro atoms. The van der Waals surface area contributed by atoms with Crippen molar-refractivity contribution in [2.45, 2.75) is 65.2 Å². The number of nitrogens with one attached hydrogen (secondary N) is 1. The highest BCUT2D eigenvalue weighted by Crippen LogP contribution is 2.20. The molecule has 0 unspecified atom stereocenters. The van der Waals surface area contributed by atoms with Crippen LogP contribution in [-0.4, -0.2) is 46.2 Å². The first-order valence-corrected chi connectivity index (χ1v) is 8.97. The molecule has 0 aromatic heterocycles. The van der Waals surface area contributed by atoms with Gasteiger partial charge < -0.3 is 25.6 Å². The zero-order valence-corrected chi connectivity index (χ0v) is 17.5. The van der Waals surface area contributed by atoms with Crippen LogP contribution in [0, 0.1) is 0 Å². The van der Waals surface area contributed by atoms with E-state index in [0.29, 0.717) is 0 Å². The number of benzene rings is 1. The monoisotopic (exact) mass is 408 g/mol. The Bertz CT molecular complexity index is 804. The number of alkyl carbamates (subject to hydrolysis) is 1. The smallest absolute Gasteiger partial charge is 0.408 e. The molecule has 160 valence electrons. The van der Waals surface area contributed by atoms with Crippen LogP contribution in [0.2, 0.25) is 0 Å². The number of aliphatic carboxylic acids is 1. The molecule has 1 atom stereocenters. The summed E-state index contributed by atoms with van der Waals surface area (Å²) in [4.78, 5) is 47.8. The number of nitrogen functional groups attached to an aromatic ring is 1. The van der Waals surface area contributed by atoms with Crippen molar-refractivity contribution in [3.63, 3.8) is 0 Å². The highest BCUT2D eigenvalue weighted by Gasteiger charge is 2.27. The quantitative estimate of drug-likeness (QED) is 0.370.